The highest BCUT2D eigenvalue weighted by atomic mass is 32.1. The molecule has 0 aliphatic heterocycles. The Hall–Kier alpha value is -2.58. The molecule has 0 spiro atoms. The highest BCUT2D eigenvalue weighted by molar-refractivity contribution is 7.20. The quantitative estimate of drug-likeness (QED) is 0.731. The molecule has 0 saturated carbocycles. The number of thiophene rings is 1. The predicted octanol–water partition coefficient (Wildman–Crippen LogP) is 4.22. The average molecular weight is 361 g/mol. The molecule has 0 radical (unpaired) electrons. The number of benzene rings is 1. The number of carbonyl (C=O) groups excluding carboxylic acids is 2. The van der Waals surface area contributed by atoms with Crippen LogP contribution < -0.4 is 10.6 Å². The second-order valence-electron chi connectivity index (χ2n) is 4.85. The number of hydrogen-bond acceptors (Lipinski definition) is 5. The molecule has 122 valence electrons. The molecular formula is C16H12FN3O2S2. The number of aromatic nitrogens is 1. The zero-order chi connectivity index (χ0) is 17.1. The van der Waals surface area contributed by atoms with Gasteiger partial charge < -0.3 is 10.6 Å². The molecule has 2 aromatic heterocycles. The number of thiazole rings is 1. The third-order valence-electron chi connectivity index (χ3n) is 3.00. The fraction of sp³-hybridized carbons (Fsp3) is 0.0625. The van der Waals surface area contributed by atoms with Crippen molar-refractivity contribution in [3.63, 3.8) is 0 Å². The maximum Gasteiger partial charge on any atom is 0.275 e. The van der Waals surface area contributed by atoms with Gasteiger partial charge in [0.2, 0.25) is 5.91 Å². The molecule has 2 heterocycles. The van der Waals surface area contributed by atoms with Crippen molar-refractivity contribution >= 4 is 45.9 Å². The lowest BCUT2D eigenvalue weighted by molar-refractivity contribution is -0.114. The number of amides is 2. The van der Waals surface area contributed by atoms with Gasteiger partial charge in [0.25, 0.3) is 5.91 Å². The minimum atomic E-state index is -0.572. The van der Waals surface area contributed by atoms with E-state index in [2.05, 4.69) is 15.6 Å². The van der Waals surface area contributed by atoms with Crippen molar-refractivity contribution in [1.29, 1.82) is 0 Å². The molecule has 0 atom stereocenters. The second kappa shape index (κ2) is 6.90. The molecule has 0 aliphatic rings. The molecule has 1 aromatic carbocycles. The summed E-state index contributed by atoms with van der Waals surface area (Å²) >= 11 is 2.93. The summed E-state index contributed by atoms with van der Waals surface area (Å²) in [6, 6.07) is 7.82. The van der Waals surface area contributed by atoms with Crippen LogP contribution in [-0.4, -0.2) is 16.8 Å². The Labute approximate surface area is 145 Å². The number of hydrogen-bond donors (Lipinski definition) is 2. The molecule has 0 fully saturated rings. The molecule has 8 heteroatoms. The van der Waals surface area contributed by atoms with Crippen LogP contribution in [0.3, 0.4) is 0 Å². The highest BCUT2D eigenvalue weighted by Gasteiger charge is 2.14. The summed E-state index contributed by atoms with van der Waals surface area (Å²) in [7, 11) is 0. The van der Waals surface area contributed by atoms with E-state index < -0.39 is 17.6 Å². The summed E-state index contributed by atoms with van der Waals surface area (Å²) < 4.78 is 13.6. The zero-order valence-corrected chi connectivity index (χ0v) is 14.1. The smallest absolute Gasteiger partial charge is 0.275 e. The summed E-state index contributed by atoms with van der Waals surface area (Å²) in [5.41, 5.74) is 0.669. The Morgan fingerprint density at radius 1 is 1.17 bits per heavy atom. The van der Waals surface area contributed by atoms with Crippen LogP contribution in [0.25, 0.3) is 9.88 Å². The third kappa shape index (κ3) is 3.66. The molecule has 2 amide bonds. The number of anilines is 2. The van der Waals surface area contributed by atoms with Gasteiger partial charge in [0.05, 0.1) is 10.6 Å². The lowest BCUT2D eigenvalue weighted by Gasteiger charge is -2.08. The fourth-order valence-electron chi connectivity index (χ4n) is 1.98. The Morgan fingerprint density at radius 2 is 2.00 bits per heavy atom. The van der Waals surface area contributed by atoms with E-state index in [9.17, 15) is 14.0 Å². The maximum atomic E-state index is 13.6. The van der Waals surface area contributed by atoms with Gasteiger partial charge in [-0.1, -0.05) is 6.07 Å². The molecular weight excluding hydrogens is 349 g/mol. The van der Waals surface area contributed by atoms with Crippen LogP contribution in [0.2, 0.25) is 0 Å². The van der Waals surface area contributed by atoms with Crippen LogP contribution >= 0.6 is 22.7 Å². The van der Waals surface area contributed by atoms with E-state index >= 15 is 0 Å². The van der Waals surface area contributed by atoms with E-state index in [4.69, 9.17) is 0 Å². The monoisotopic (exact) mass is 361 g/mol. The van der Waals surface area contributed by atoms with Crippen LogP contribution in [0.1, 0.15) is 17.4 Å². The van der Waals surface area contributed by atoms with Gasteiger partial charge in [-0.2, -0.15) is 0 Å². The lowest BCUT2D eigenvalue weighted by Crippen LogP contribution is -2.13. The lowest BCUT2D eigenvalue weighted by atomic mass is 10.2. The Bertz CT molecular complexity index is 891. The average Bonchev–Trinajstić information content (AvgIpc) is 3.20. The predicted molar refractivity (Wildman–Crippen MR) is 94.1 cm³/mol. The van der Waals surface area contributed by atoms with Crippen LogP contribution in [-0.2, 0) is 4.79 Å². The van der Waals surface area contributed by atoms with Crippen molar-refractivity contribution in [2.75, 3.05) is 10.6 Å². The molecule has 24 heavy (non-hydrogen) atoms. The van der Waals surface area contributed by atoms with Gasteiger partial charge in [-0.3, -0.25) is 9.59 Å². The summed E-state index contributed by atoms with van der Waals surface area (Å²) in [6.45, 7) is 1.28. The fourth-order valence-corrected chi connectivity index (χ4v) is 3.59. The first-order valence-electron chi connectivity index (χ1n) is 6.91. The summed E-state index contributed by atoms with van der Waals surface area (Å²) in [5, 5.41) is 9.40. The van der Waals surface area contributed by atoms with Crippen LogP contribution in [0.4, 0.5) is 15.8 Å². The Balaban J connectivity index is 1.76. The zero-order valence-electron chi connectivity index (χ0n) is 12.5. The SMILES string of the molecule is CC(=O)Nc1cc(NC(=O)c2csc(-c3cccs3)n2)ccc1F. The van der Waals surface area contributed by atoms with Crippen LogP contribution in [0.15, 0.2) is 41.1 Å². The van der Waals surface area contributed by atoms with Crippen molar-refractivity contribution < 1.29 is 14.0 Å². The minimum absolute atomic E-state index is 0.0119. The molecule has 5 nitrogen and oxygen atoms in total. The number of nitrogens with zero attached hydrogens (tertiary/aromatic N) is 1. The first-order chi connectivity index (χ1) is 11.5. The summed E-state index contributed by atoms with van der Waals surface area (Å²) in [5.74, 6) is -1.36. The van der Waals surface area contributed by atoms with Crippen molar-refractivity contribution in [1.82, 2.24) is 4.98 Å². The van der Waals surface area contributed by atoms with Gasteiger partial charge in [-0.05, 0) is 29.6 Å². The Morgan fingerprint density at radius 3 is 2.71 bits per heavy atom. The number of halogens is 1. The van der Waals surface area contributed by atoms with E-state index in [-0.39, 0.29) is 11.4 Å². The largest absolute Gasteiger partial charge is 0.324 e. The number of nitrogens with one attached hydrogen (secondary N) is 2. The van der Waals surface area contributed by atoms with Crippen molar-refractivity contribution in [3.05, 3.63) is 52.6 Å². The molecule has 0 bridgehead atoms. The van der Waals surface area contributed by atoms with E-state index in [1.54, 1.807) is 16.7 Å². The van der Waals surface area contributed by atoms with Crippen molar-refractivity contribution in [2.24, 2.45) is 0 Å². The molecule has 0 saturated heterocycles. The van der Waals surface area contributed by atoms with Crippen LogP contribution in [0, 0.1) is 5.82 Å². The standard InChI is InChI=1S/C16H12FN3O2S2/c1-9(21)18-12-7-10(4-5-11(12)17)19-15(22)13-8-24-16(20-13)14-3-2-6-23-14/h2-8H,1H3,(H,18,21)(H,19,22). The first kappa shape index (κ1) is 16.3. The summed E-state index contributed by atoms with van der Waals surface area (Å²) in [6.07, 6.45) is 0. The van der Waals surface area contributed by atoms with Gasteiger partial charge in [0, 0.05) is 18.0 Å². The maximum absolute atomic E-state index is 13.6. The molecule has 0 aliphatic carbocycles. The molecule has 3 aromatic rings. The van der Waals surface area contributed by atoms with Gasteiger partial charge in [-0.15, -0.1) is 22.7 Å². The van der Waals surface area contributed by atoms with E-state index in [0.29, 0.717) is 5.69 Å². The summed E-state index contributed by atoms with van der Waals surface area (Å²) in [4.78, 5) is 28.6. The number of rotatable bonds is 4. The van der Waals surface area contributed by atoms with Crippen LogP contribution in [0.5, 0.6) is 0 Å². The van der Waals surface area contributed by atoms with Gasteiger partial charge in [0.1, 0.15) is 16.5 Å². The third-order valence-corrected chi connectivity index (χ3v) is 4.89. The Kier molecular flexibility index (Phi) is 4.68. The van der Waals surface area contributed by atoms with Crippen molar-refractivity contribution in [3.8, 4) is 9.88 Å². The van der Waals surface area contributed by atoms with E-state index in [1.807, 2.05) is 17.5 Å². The van der Waals surface area contributed by atoms with E-state index in [0.717, 1.165) is 9.88 Å². The van der Waals surface area contributed by atoms with Gasteiger partial charge in [0.15, 0.2) is 0 Å². The minimum Gasteiger partial charge on any atom is -0.324 e. The first-order valence-corrected chi connectivity index (χ1v) is 8.67. The second-order valence-corrected chi connectivity index (χ2v) is 6.65. The molecule has 3 rings (SSSR count). The van der Waals surface area contributed by atoms with Gasteiger partial charge in [-0.25, -0.2) is 9.37 Å². The normalized spacial score (nSPS) is 10.4. The number of carbonyl (C=O) groups is 2. The van der Waals surface area contributed by atoms with E-state index in [1.165, 1.54) is 36.5 Å². The molecule has 2 N–H and O–H groups in total. The highest BCUT2D eigenvalue weighted by Crippen LogP contribution is 2.28. The van der Waals surface area contributed by atoms with Gasteiger partial charge >= 0.3 is 0 Å². The molecule has 0 unspecified atom stereocenters. The topological polar surface area (TPSA) is 71.1 Å². The van der Waals surface area contributed by atoms with Crippen molar-refractivity contribution in [2.45, 2.75) is 6.92 Å².